The van der Waals surface area contributed by atoms with E-state index in [4.69, 9.17) is 5.26 Å². The standard InChI is InChI=1S/C17H16N6/c18-9-14-3-1-6-20-16(14)22-11-13-5-8-23(12-13)17-15(10-19)4-2-7-21-17/h1-4,6-7,13H,5,8,11-12H2,(H,20,22)/t13-/m0/s1. The number of nitrogens with one attached hydrogen (secondary N) is 1. The van der Waals surface area contributed by atoms with E-state index in [0.717, 1.165) is 31.9 Å². The number of nitriles is 2. The van der Waals surface area contributed by atoms with Gasteiger partial charge in [-0.25, -0.2) is 9.97 Å². The Morgan fingerprint density at radius 1 is 1.13 bits per heavy atom. The summed E-state index contributed by atoms with van der Waals surface area (Å²) in [6, 6.07) is 11.4. The molecule has 1 N–H and O–H groups in total. The van der Waals surface area contributed by atoms with Crippen LogP contribution < -0.4 is 10.2 Å². The maximum atomic E-state index is 9.19. The van der Waals surface area contributed by atoms with Crippen LogP contribution in [0.25, 0.3) is 0 Å². The Balaban J connectivity index is 1.63. The highest BCUT2D eigenvalue weighted by Gasteiger charge is 2.25. The van der Waals surface area contributed by atoms with Crippen LogP contribution in [0, 0.1) is 28.6 Å². The third-order valence-corrected chi connectivity index (χ3v) is 3.98. The zero-order valence-electron chi connectivity index (χ0n) is 12.6. The minimum absolute atomic E-state index is 0.428. The summed E-state index contributed by atoms with van der Waals surface area (Å²) in [7, 11) is 0. The largest absolute Gasteiger partial charge is 0.369 e. The molecule has 0 aromatic carbocycles. The van der Waals surface area contributed by atoms with Crippen LogP contribution in [0.5, 0.6) is 0 Å². The molecule has 2 aromatic rings. The van der Waals surface area contributed by atoms with Gasteiger partial charge in [0.1, 0.15) is 23.8 Å². The molecule has 0 amide bonds. The SMILES string of the molecule is N#Cc1cccnc1NC[C@@H]1CCN(c2ncccc2C#N)C1. The van der Waals surface area contributed by atoms with Crippen molar-refractivity contribution < 1.29 is 0 Å². The summed E-state index contributed by atoms with van der Waals surface area (Å²) >= 11 is 0. The fourth-order valence-electron chi connectivity index (χ4n) is 2.81. The third-order valence-electron chi connectivity index (χ3n) is 3.98. The van der Waals surface area contributed by atoms with Gasteiger partial charge in [0, 0.05) is 32.0 Å². The molecule has 0 radical (unpaired) electrons. The summed E-state index contributed by atoms with van der Waals surface area (Å²) < 4.78 is 0. The van der Waals surface area contributed by atoms with Crippen molar-refractivity contribution in [2.24, 2.45) is 5.92 Å². The van der Waals surface area contributed by atoms with Crippen molar-refractivity contribution in [3.63, 3.8) is 0 Å². The molecule has 0 spiro atoms. The molecular formula is C17H16N6. The quantitative estimate of drug-likeness (QED) is 0.931. The second-order valence-corrected chi connectivity index (χ2v) is 5.48. The van der Waals surface area contributed by atoms with E-state index in [1.165, 1.54) is 0 Å². The first-order chi connectivity index (χ1) is 11.3. The Kier molecular flexibility index (Phi) is 4.35. The molecule has 0 aliphatic carbocycles. The molecular weight excluding hydrogens is 288 g/mol. The molecule has 6 nitrogen and oxygen atoms in total. The van der Waals surface area contributed by atoms with Gasteiger partial charge in [-0.2, -0.15) is 10.5 Å². The lowest BCUT2D eigenvalue weighted by atomic mass is 10.1. The molecule has 0 saturated carbocycles. The zero-order chi connectivity index (χ0) is 16.1. The summed E-state index contributed by atoms with van der Waals surface area (Å²) in [5, 5.41) is 21.5. The molecule has 1 saturated heterocycles. The van der Waals surface area contributed by atoms with Crippen molar-refractivity contribution in [1.29, 1.82) is 10.5 Å². The normalized spacial score (nSPS) is 16.6. The molecule has 0 bridgehead atoms. The van der Waals surface area contributed by atoms with Crippen LogP contribution in [0.2, 0.25) is 0 Å². The summed E-state index contributed by atoms with van der Waals surface area (Å²) in [5.41, 5.74) is 1.16. The third kappa shape index (κ3) is 3.22. The van der Waals surface area contributed by atoms with Gasteiger partial charge in [0.25, 0.3) is 0 Å². The van der Waals surface area contributed by atoms with Crippen LogP contribution in [0.15, 0.2) is 36.7 Å². The van der Waals surface area contributed by atoms with Crippen molar-refractivity contribution in [1.82, 2.24) is 9.97 Å². The Morgan fingerprint density at radius 2 is 1.87 bits per heavy atom. The summed E-state index contributed by atoms with van der Waals surface area (Å²) in [4.78, 5) is 10.7. The van der Waals surface area contributed by atoms with E-state index in [1.807, 2.05) is 0 Å². The van der Waals surface area contributed by atoms with E-state index in [2.05, 4.69) is 32.3 Å². The van der Waals surface area contributed by atoms with Crippen LogP contribution >= 0.6 is 0 Å². The molecule has 23 heavy (non-hydrogen) atoms. The minimum atomic E-state index is 0.428. The number of aromatic nitrogens is 2. The van der Waals surface area contributed by atoms with Gasteiger partial charge < -0.3 is 10.2 Å². The van der Waals surface area contributed by atoms with Crippen molar-refractivity contribution >= 4 is 11.6 Å². The molecule has 1 aliphatic rings. The number of anilines is 2. The van der Waals surface area contributed by atoms with Crippen molar-refractivity contribution in [3.05, 3.63) is 47.8 Å². The van der Waals surface area contributed by atoms with Crippen LogP contribution in [0.3, 0.4) is 0 Å². The highest BCUT2D eigenvalue weighted by Crippen LogP contribution is 2.25. The monoisotopic (exact) mass is 304 g/mol. The second kappa shape index (κ2) is 6.76. The van der Waals surface area contributed by atoms with Gasteiger partial charge in [0.2, 0.25) is 0 Å². The smallest absolute Gasteiger partial charge is 0.146 e. The molecule has 3 heterocycles. The fourth-order valence-corrected chi connectivity index (χ4v) is 2.81. The van der Waals surface area contributed by atoms with Crippen molar-refractivity contribution in [3.8, 4) is 12.1 Å². The maximum Gasteiger partial charge on any atom is 0.146 e. The lowest BCUT2D eigenvalue weighted by Crippen LogP contribution is -2.24. The number of hydrogen-bond donors (Lipinski definition) is 1. The van der Waals surface area contributed by atoms with E-state index in [-0.39, 0.29) is 0 Å². The molecule has 1 fully saturated rings. The van der Waals surface area contributed by atoms with Gasteiger partial charge in [-0.1, -0.05) is 0 Å². The fraction of sp³-hybridized carbons (Fsp3) is 0.294. The van der Waals surface area contributed by atoms with E-state index in [0.29, 0.717) is 22.9 Å². The first kappa shape index (κ1) is 14.8. The van der Waals surface area contributed by atoms with Crippen LogP contribution in [0.4, 0.5) is 11.6 Å². The van der Waals surface area contributed by atoms with Crippen LogP contribution in [-0.2, 0) is 0 Å². The van der Waals surface area contributed by atoms with Crippen molar-refractivity contribution in [2.75, 3.05) is 29.9 Å². The zero-order valence-corrected chi connectivity index (χ0v) is 12.6. The van der Waals surface area contributed by atoms with E-state index in [1.54, 1.807) is 36.7 Å². The number of pyridine rings is 2. The Hall–Kier alpha value is -3.12. The lowest BCUT2D eigenvalue weighted by molar-refractivity contribution is 0.620. The molecule has 114 valence electrons. The topological polar surface area (TPSA) is 88.6 Å². The number of rotatable bonds is 4. The average molecular weight is 304 g/mol. The van der Waals surface area contributed by atoms with Gasteiger partial charge in [-0.3, -0.25) is 0 Å². The maximum absolute atomic E-state index is 9.19. The number of hydrogen-bond acceptors (Lipinski definition) is 6. The molecule has 2 aromatic heterocycles. The van der Waals surface area contributed by atoms with Crippen LogP contribution in [-0.4, -0.2) is 29.6 Å². The molecule has 3 rings (SSSR count). The van der Waals surface area contributed by atoms with Gasteiger partial charge in [0.15, 0.2) is 0 Å². The lowest BCUT2D eigenvalue weighted by Gasteiger charge is -2.18. The summed E-state index contributed by atoms with van der Waals surface area (Å²) in [6.07, 6.45) is 4.41. The summed E-state index contributed by atoms with van der Waals surface area (Å²) in [5.74, 6) is 1.81. The minimum Gasteiger partial charge on any atom is -0.369 e. The van der Waals surface area contributed by atoms with Gasteiger partial charge in [-0.05, 0) is 36.6 Å². The van der Waals surface area contributed by atoms with Gasteiger partial charge in [0.05, 0.1) is 11.1 Å². The predicted molar refractivity (Wildman–Crippen MR) is 86.7 cm³/mol. The van der Waals surface area contributed by atoms with E-state index in [9.17, 15) is 5.26 Å². The molecule has 6 heteroatoms. The van der Waals surface area contributed by atoms with Gasteiger partial charge in [-0.15, -0.1) is 0 Å². The van der Waals surface area contributed by atoms with Gasteiger partial charge >= 0.3 is 0 Å². The molecule has 1 aliphatic heterocycles. The number of nitrogens with zero attached hydrogens (tertiary/aromatic N) is 5. The first-order valence-electron chi connectivity index (χ1n) is 7.51. The molecule has 1 atom stereocenters. The van der Waals surface area contributed by atoms with E-state index < -0.39 is 0 Å². The Bertz CT molecular complexity index is 773. The van der Waals surface area contributed by atoms with E-state index >= 15 is 0 Å². The highest BCUT2D eigenvalue weighted by atomic mass is 15.2. The summed E-state index contributed by atoms with van der Waals surface area (Å²) in [6.45, 7) is 2.47. The van der Waals surface area contributed by atoms with Crippen molar-refractivity contribution in [2.45, 2.75) is 6.42 Å². The molecule has 0 unspecified atom stereocenters. The Labute approximate surface area is 135 Å². The second-order valence-electron chi connectivity index (χ2n) is 5.48. The Morgan fingerprint density at radius 3 is 2.65 bits per heavy atom. The van der Waals surface area contributed by atoms with Crippen LogP contribution in [0.1, 0.15) is 17.5 Å². The average Bonchev–Trinajstić information content (AvgIpc) is 3.09. The predicted octanol–water partition coefficient (Wildman–Crippen LogP) is 2.16. The highest BCUT2D eigenvalue weighted by molar-refractivity contribution is 5.54. The first-order valence-corrected chi connectivity index (χ1v) is 7.51.